The highest BCUT2D eigenvalue weighted by molar-refractivity contribution is 4.90. The second-order valence-corrected chi connectivity index (χ2v) is 4.95. The lowest BCUT2D eigenvalue weighted by atomic mass is 9.68. The topological polar surface area (TPSA) is 20.2 Å². The van der Waals surface area contributed by atoms with Crippen LogP contribution in [-0.2, 0) is 0 Å². The minimum Gasteiger partial charge on any atom is -0.390 e. The van der Waals surface area contributed by atoms with Crippen LogP contribution in [0.15, 0.2) is 0 Å². The van der Waals surface area contributed by atoms with Gasteiger partial charge in [0.05, 0.1) is 5.60 Å². The highest BCUT2D eigenvalue weighted by Gasteiger charge is 2.39. The summed E-state index contributed by atoms with van der Waals surface area (Å²) in [5, 5.41) is 10.5. The highest BCUT2D eigenvalue weighted by atomic mass is 16.3. The van der Waals surface area contributed by atoms with Gasteiger partial charge in [-0.05, 0) is 31.1 Å². The van der Waals surface area contributed by atoms with E-state index in [-0.39, 0.29) is 5.60 Å². The molecule has 2 atom stereocenters. The summed E-state index contributed by atoms with van der Waals surface area (Å²) in [5.74, 6) is 1.18. The molecule has 0 radical (unpaired) electrons. The van der Waals surface area contributed by atoms with Crippen molar-refractivity contribution in [2.24, 2.45) is 11.8 Å². The van der Waals surface area contributed by atoms with E-state index in [4.69, 9.17) is 0 Å². The summed E-state index contributed by atoms with van der Waals surface area (Å²) >= 11 is 0. The largest absolute Gasteiger partial charge is 0.390 e. The van der Waals surface area contributed by atoms with Crippen LogP contribution in [0, 0.1) is 11.8 Å². The molecule has 1 saturated carbocycles. The second-order valence-electron chi connectivity index (χ2n) is 4.95. The number of hydrogen-bond acceptors (Lipinski definition) is 1. The van der Waals surface area contributed by atoms with Crippen LogP contribution in [0.2, 0.25) is 0 Å². The number of rotatable bonds is 3. The summed E-state index contributed by atoms with van der Waals surface area (Å²) in [5.41, 5.74) is -0.332. The Labute approximate surface area is 82.5 Å². The fourth-order valence-electron chi connectivity index (χ4n) is 2.95. The number of aliphatic hydroxyl groups is 1. The van der Waals surface area contributed by atoms with E-state index in [1.54, 1.807) is 0 Å². The normalized spacial score (nSPS) is 35.3. The van der Waals surface area contributed by atoms with Crippen LogP contribution in [0.25, 0.3) is 0 Å². The minimum absolute atomic E-state index is 0.332. The predicted molar refractivity (Wildman–Crippen MR) is 56.7 cm³/mol. The third-order valence-corrected chi connectivity index (χ3v) is 3.55. The standard InChI is InChI=1S/C12H24O/c1-4-8-12(13)9-6-5-7-11(12)10(2)3/h10-11,13H,4-9H2,1-3H3. The fraction of sp³-hybridized carbons (Fsp3) is 1.00. The van der Waals surface area contributed by atoms with Crippen molar-refractivity contribution >= 4 is 0 Å². The fourth-order valence-corrected chi connectivity index (χ4v) is 2.95. The van der Waals surface area contributed by atoms with Gasteiger partial charge in [-0.15, -0.1) is 0 Å². The Hall–Kier alpha value is -0.0400. The third-order valence-electron chi connectivity index (χ3n) is 3.55. The third kappa shape index (κ3) is 2.46. The van der Waals surface area contributed by atoms with E-state index in [1.165, 1.54) is 19.3 Å². The molecular weight excluding hydrogens is 160 g/mol. The predicted octanol–water partition coefficient (Wildman–Crippen LogP) is 3.36. The molecule has 78 valence electrons. The molecule has 1 heteroatoms. The summed E-state index contributed by atoms with van der Waals surface area (Å²) in [6, 6.07) is 0. The van der Waals surface area contributed by atoms with Crippen LogP contribution < -0.4 is 0 Å². The van der Waals surface area contributed by atoms with Gasteiger partial charge in [-0.1, -0.05) is 40.0 Å². The molecule has 0 spiro atoms. The summed E-state index contributed by atoms with van der Waals surface area (Å²) in [6.45, 7) is 6.66. The smallest absolute Gasteiger partial charge is 0.0678 e. The van der Waals surface area contributed by atoms with Crippen molar-refractivity contribution in [2.45, 2.75) is 64.9 Å². The molecule has 0 aromatic rings. The molecule has 0 aromatic carbocycles. The van der Waals surface area contributed by atoms with Crippen LogP contribution >= 0.6 is 0 Å². The molecule has 0 heterocycles. The number of hydrogen-bond donors (Lipinski definition) is 1. The zero-order valence-electron chi connectivity index (χ0n) is 9.34. The van der Waals surface area contributed by atoms with Gasteiger partial charge in [0.2, 0.25) is 0 Å². The van der Waals surface area contributed by atoms with Crippen LogP contribution in [0.4, 0.5) is 0 Å². The van der Waals surface area contributed by atoms with Crippen LogP contribution in [0.3, 0.4) is 0 Å². The average Bonchev–Trinajstić information content (AvgIpc) is 2.04. The maximum atomic E-state index is 10.5. The molecule has 1 rings (SSSR count). The molecule has 0 aliphatic heterocycles. The van der Waals surface area contributed by atoms with E-state index in [0.717, 1.165) is 19.3 Å². The molecule has 1 N–H and O–H groups in total. The van der Waals surface area contributed by atoms with E-state index in [1.807, 2.05) is 0 Å². The van der Waals surface area contributed by atoms with Gasteiger partial charge in [0.15, 0.2) is 0 Å². The Bertz CT molecular complexity index is 149. The molecule has 0 amide bonds. The monoisotopic (exact) mass is 184 g/mol. The van der Waals surface area contributed by atoms with Crippen molar-refractivity contribution in [3.63, 3.8) is 0 Å². The SMILES string of the molecule is CCCC1(O)CCCCC1C(C)C. The lowest BCUT2D eigenvalue weighted by Gasteiger charge is -2.42. The lowest BCUT2D eigenvalue weighted by Crippen LogP contribution is -2.43. The first-order valence-corrected chi connectivity index (χ1v) is 5.82. The van der Waals surface area contributed by atoms with Crippen LogP contribution in [0.1, 0.15) is 59.3 Å². The van der Waals surface area contributed by atoms with Crippen molar-refractivity contribution in [2.75, 3.05) is 0 Å². The zero-order valence-corrected chi connectivity index (χ0v) is 9.34. The van der Waals surface area contributed by atoms with Gasteiger partial charge in [-0.3, -0.25) is 0 Å². The molecule has 13 heavy (non-hydrogen) atoms. The molecule has 0 aromatic heterocycles. The van der Waals surface area contributed by atoms with Gasteiger partial charge in [-0.25, -0.2) is 0 Å². The van der Waals surface area contributed by atoms with Crippen molar-refractivity contribution in [1.29, 1.82) is 0 Å². The molecule has 0 bridgehead atoms. The van der Waals surface area contributed by atoms with Gasteiger partial charge < -0.3 is 5.11 Å². The first-order valence-electron chi connectivity index (χ1n) is 5.82. The van der Waals surface area contributed by atoms with Gasteiger partial charge in [0.25, 0.3) is 0 Å². The highest BCUT2D eigenvalue weighted by Crippen LogP contribution is 2.40. The van der Waals surface area contributed by atoms with E-state index >= 15 is 0 Å². The summed E-state index contributed by atoms with van der Waals surface area (Å²) in [4.78, 5) is 0. The first-order chi connectivity index (χ1) is 6.10. The maximum absolute atomic E-state index is 10.5. The Morgan fingerprint density at radius 1 is 1.38 bits per heavy atom. The minimum atomic E-state index is -0.332. The Balaban J connectivity index is 2.65. The molecule has 1 fully saturated rings. The Kier molecular flexibility index (Phi) is 3.78. The van der Waals surface area contributed by atoms with Crippen molar-refractivity contribution in [1.82, 2.24) is 0 Å². The van der Waals surface area contributed by atoms with E-state index in [2.05, 4.69) is 20.8 Å². The molecule has 2 unspecified atom stereocenters. The van der Waals surface area contributed by atoms with Crippen molar-refractivity contribution in [3.8, 4) is 0 Å². The summed E-state index contributed by atoms with van der Waals surface area (Å²) in [7, 11) is 0. The van der Waals surface area contributed by atoms with Crippen LogP contribution in [-0.4, -0.2) is 10.7 Å². The van der Waals surface area contributed by atoms with Crippen molar-refractivity contribution in [3.05, 3.63) is 0 Å². The molecule has 1 aliphatic rings. The maximum Gasteiger partial charge on any atom is 0.0678 e. The Morgan fingerprint density at radius 3 is 2.62 bits per heavy atom. The molecule has 0 saturated heterocycles. The van der Waals surface area contributed by atoms with Gasteiger partial charge in [0.1, 0.15) is 0 Å². The Morgan fingerprint density at radius 2 is 2.08 bits per heavy atom. The second kappa shape index (κ2) is 4.45. The van der Waals surface area contributed by atoms with Gasteiger partial charge >= 0.3 is 0 Å². The van der Waals surface area contributed by atoms with Crippen LogP contribution in [0.5, 0.6) is 0 Å². The van der Waals surface area contributed by atoms with E-state index < -0.39 is 0 Å². The first kappa shape index (κ1) is 11.0. The summed E-state index contributed by atoms with van der Waals surface area (Å²) < 4.78 is 0. The quantitative estimate of drug-likeness (QED) is 0.713. The van der Waals surface area contributed by atoms with Crippen molar-refractivity contribution < 1.29 is 5.11 Å². The molecular formula is C12H24O. The average molecular weight is 184 g/mol. The summed E-state index contributed by atoms with van der Waals surface area (Å²) in [6.07, 6.45) is 6.90. The van der Waals surface area contributed by atoms with E-state index in [9.17, 15) is 5.11 Å². The molecule has 1 nitrogen and oxygen atoms in total. The zero-order chi connectivity index (χ0) is 9.90. The van der Waals surface area contributed by atoms with Gasteiger partial charge in [0, 0.05) is 0 Å². The lowest BCUT2D eigenvalue weighted by molar-refractivity contribution is -0.0723. The van der Waals surface area contributed by atoms with Gasteiger partial charge in [-0.2, -0.15) is 0 Å². The molecule has 1 aliphatic carbocycles. The van der Waals surface area contributed by atoms with E-state index in [0.29, 0.717) is 11.8 Å².